The van der Waals surface area contributed by atoms with Crippen LogP contribution in [0.15, 0.2) is 82.4 Å². The van der Waals surface area contributed by atoms with Crippen LogP contribution in [0.1, 0.15) is 16.7 Å². The highest BCUT2D eigenvalue weighted by Gasteiger charge is 2.21. The minimum Gasteiger partial charge on any atom is -0.338 e. The van der Waals surface area contributed by atoms with Gasteiger partial charge in [-0.25, -0.2) is 9.36 Å². The first-order valence-electron chi connectivity index (χ1n) is 10.3. The topological polar surface area (TPSA) is 48.9 Å². The molecule has 154 valence electrons. The van der Waals surface area contributed by atoms with Gasteiger partial charge in [-0.05, 0) is 43.2 Å². The summed E-state index contributed by atoms with van der Waals surface area (Å²) in [6.07, 6.45) is 0. The summed E-state index contributed by atoms with van der Waals surface area (Å²) in [5, 5.41) is 0.916. The lowest BCUT2D eigenvalue weighted by Gasteiger charge is -2.14. The van der Waals surface area contributed by atoms with Gasteiger partial charge in [-0.1, -0.05) is 60.2 Å². The minimum absolute atomic E-state index is 0.296. The average molecular weight is 409 g/mol. The van der Waals surface area contributed by atoms with Crippen LogP contribution >= 0.6 is 0 Å². The van der Waals surface area contributed by atoms with Crippen molar-refractivity contribution in [1.29, 1.82) is 0 Å². The Balaban J connectivity index is 1.99. The van der Waals surface area contributed by atoms with Gasteiger partial charge in [0, 0.05) is 12.4 Å². The van der Waals surface area contributed by atoms with Gasteiger partial charge in [-0.2, -0.15) is 0 Å². The summed E-state index contributed by atoms with van der Waals surface area (Å²) in [4.78, 5) is 27.5. The number of nitrogens with zero attached hydrogens (tertiary/aromatic N) is 3. The fourth-order valence-electron chi connectivity index (χ4n) is 4.41. The standard InChI is InChI=1S/C26H23N3O2/c1-17-13-14-22-20(15-17)23-24(27(22)3)25(30)29(21-12-8-7-9-18(21)2)26(31)28(23)16-19-10-5-4-6-11-19/h4-15H,16H2,1-3H3. The quantitative estimate of drug-likeness (QED) is 0.446. The zero-order chi connectivity index (χ0) is 21.7. The molecule has 5 aromatic rings. The van der Waals surface area contributed by atoms with Crippen molar-refractivity contribution < 1.29 is 0 Å². The Hall–Kier alpha value is -3.86. The minimum atomic E-state index is -0.329. The third-order valence-electron chi connectivity index (χ3n) is 5.97. The molecule has 2 aromatic heterocycles. The summed E-state index contributed by atoms with van der Waals surface area (Å²) < 4.78 is 4.95. The second kappa shape index (κ2) is 7.13. The number of fused-ring (bicyclic) bond motifs is 3. The molecule has 0 bridgehead atoms. The maximum atomic E-state index is 13.8. The fourth-order valence-corrected chi connectivity index (χ4v) is 4.41. The molecule has 0 saturated heterocycles. The summed E-state index contributed by atoms with van der Waals surface area (Å²) in [5.74, 6) is 0. The van der Waals surface area contributed by atoms with Crippen LogP contribution in [0.2, 0.25) is 0 Å². The van der Waals surface area contributed by atoms with E-state index in [1.807, 2.05) is 92.2 Å². The van der Waals surface area contributed by atoms with Crippen molar-refractivity contribution in [2.24, 2.45) is 7.05 Å². The molecule has 31 heavy (non-hydrogen) atoms. The molecule has 5 rings (SSSR count). The van der Waals surface area contributed by atoms with Crippen LogP contribution in [0, 0.1) is 13.8 Å². The van der Waals surface area contributed by atoms with E-state index < -0.39 is 0 Å². The molecule has 0 N–H and O–H groups in total. The summed E-state index contributed by atoms with van der Waals surface area (Å²) >= 11 is 0. The lowest BCUT2D eigenvalue weighted by molar-refractivity contribution is 0.711. The van der Waals surface area contributed by atoms with Crippen molar-refractivity contribution in [3.05, 3.63) is 110 Å². The van der Waals surface area contributed by atoms with Gasteiger partial charge in [0.05, 0.1) is 23.3 Å². The molecule has 0 aliphatic carbocycles. The van der Waals surface area contributed by atoms with Gasteiger partial charge >= 0.3 is 5.69 Å². The number of rotatable bonds is 3. The first-order chi connectivity index (χ1) is 15.0. The maximum absolute atomic E-state index is 13.8. The van der Waals surface area contributed by atoms with E-state index >= 15 is 0 Å². The Morgan fingerprint density at radius 3 is 2.26 bits per heavy atom. The third kappa shape index (κ3) is 2.93. The number of para-hydroxylation sites is 1. The highest BCUT2D eigenvalue weighted by molar-refractivity contribution is 6.06. The van der Waals surface area contributed by atoms with E-state index in [0.717, 1.165) is 27.6 Å². The number of benzene rings is 3. The number of hydrogen-bond donors (Lipinski definition) is 0. The summed E-state index contributed by atoms with van der Waals surface area (Å²) in [6.45, 7) is 4.32. The number of hydrogen-bond acceptors (Lipinski definition) is 2. The monoisotopic (exact) mass is 409 g/mol. The van der Waals surface area contributed by atoms with Crippen LogP contribution in [-0.2, 0) is 13.6 Å². The van der Waals surface area contributed by atoms with Gasteiger partial charge in [0.15, 0.2) is 0 Å². The molecule has 0 amide bonds. The average Bonchev–Trinajstić information content (AvgIpc) is 3.05. The van der Waals surface area contributed by atoms with Gasteiger partial charge in [0.25, 0.3) is 5.56 Å². The molecule has 2 heterocycles. The molecule has 5 heteroatoms. The van der Waals surface area contributed by atoms with E-state index in [2.05, 4.69) is 6.07 Å². The van der Waals surface area contributed by atoms with E-state index in [-0.39, 0.29) is 11.2 Å². The highest BCUT2D eigenvalue weighted by Crippen LogP contribution is 2.27. The molecular weight excluding hydrogens is 386 g/mol. The van der Waals surface area contributed by atoms with Crippen LogP contribution < -0.4 is 11.2 Å². The normalized spacial score (nSPS) is 11.5. The van der Waals surface area contributed by atoms with E-state index in [4.69, 9.17) is 0 Å². The Labute approximate surface area is 179 Å². The Kier molecular flexibility index (Phi) is 4.40. The summed E-state index contributed by atoms with van der Waals surface area (Å²) in [5.41, 5.74) is 5.10. The molecule has 0 atom stereocenters. The van der Waals surface area contributed by atoms with Crippen molar-refractivity contribution in [1.82, 2.24) is 13.7 Å². The van der Waals surface area contributed by atoms with E-state index in [0.29, 0.717) is 23.3 Å². The molecule has 0 radical (unpaired) electrons. The SMILES string of the molecule is Cc1ccc2c(c1)c1c(c(=O)n(-c3ccccc3C)c(=O)n1Cc1ccccc1)n2C. The molecule has 0 aliphatic rings. The smallest absolute Gasteiger partial charge is 0.336 e. The zero-order valence-electron chi connectivity index (χ0n) is 17.8. The zero-order valence-corrected chi connectivity index (χ0v) is 17.8. The summed E-state index contributed by atoms with van der Waals surface area (Å²) in [7, 11) is 1.89. The van der Waals surface area contributed by atoms with Gasteiger partial charge in [0.2, 0.25) is 0 Å². The van der Waals surface area contributed by atoms with Gasteiger partial charge < -0.3 is 4.57 Å². The first-order valence-corrected chi connectivity index (χ1v) is 10.3. The molecule has 3 aromatic carbocycles. The van der Waals surface area contributed by atoms with Crippen LogP contribution in [0.25, 0.3) is 27.6 Å². The van der Waals surface area contributed by atoms with Gasteiger partial charge in [-0.15, -0.1) is 0 Å². The van der Waals surface area contributed by atoms with Crippen LogP contribution in [0.4, 0.5) is 0 Å². The predicted molar refractivity (Wildman–Crippen MR) is 125 cm³/mol. The Bertz CT molecular complexity index is 1570. The van der Waals surface area contributed by atoms with Crippen molar-refractivity contribution in [2.45, 2.75) is 20.4 Å². The van der Waals surface area contributed by atoms with Crippen LogP contribution in [0.3, 0.4) is 0 Å². The van der Waals surface area contributed by atoms with E-state index in [9.17, 15) is 9.59 Å². The molecule has 0 spiro atoms. The largest absolute Gasteiger partial charge is 0.338 e. The Morgan fingerprint density at radius 1 is 0.806 bits per heavy atom. The third-order valence-corrected chi connectivity index (χ3v) is 5.97. The van der Waals surface area contributed by atoms with Crippen molar-refractivity contribution >= 4 is 21.9 Å². The molecule has 0 fully saturated rings. The molecule has 0 unspecified atom stereocenters. The lowest BCUT2D eigenvalue weighted by Crippen LogP contribution is -2.39. The maximum Gasteiger partial charge on any atom is 0.336 e. The predicted octanol–water partition coefficient (Wildman–Crippen LogP) is 4.31. The Morgan fingerprint density at radius 2 is 1.52 bits per heavy atom. The van der Waals surface area contributed by atoms with E-state index in [1.54, 1.807) is 4.57 Å². The molecule has 5 nitrogen and oxygen atoms in total. The van der Waals surface area contributed by atoms with Crippen LogP contribution in [0.5, 0.6) is 0 Å². The number of aryl methyl sites for hydroxylation is 3. The molecule has 0 saturated carbocycles. The molecular formula is C26H23N3O2. The van der Waals surface area contributed by atoms with Gasteiger partial charge in [-0.3, -0.25) is 9.36 Å². The van der Waals surface area contributed by atoms with Crippen molar-refractivity contribution in [2.75, 3.05) is 0 Å². The fraction of sp³-hybridized carbons (Fsp3) is 0.154. The highest BCUT2D eigenvalue weighted by atomic mass is 16.2. The lowest BCUT2D eigenvalue weighted by atomic mass is 10.1. The van der Waals surface area contributed by atoms with Gasteiger partial charge in [0.1, 0.15) is 5.52 Å². The summed E-state index contributed by atoms with van der Waals surface area (Å²) in [6, 6.07) is 23.5. The van der Waals surface area contributed by atoms with Crippen molar-refractivity contribution in [3.8, 4) is 5.69 Å². The van der Waals surface area contributed by atoms with Crippen LogP contribution in [-0.4, -0.2) is 13.7 Å². The van der Waals surface area contributed by atoms with Crippen molar-refractivity contribution in [3.63, 3.8) is 0 Å². The number of aromatic nitrogens is 3. The van der Waals surface area contributed by atoms with E-state index in [1.165, 1.54) is 4.57 Å². The second-order valence-electron chi connectivity index (χ2n) is 8.06. The first kappa shape index (κ1) is 19.1. The molecule has 0 aliphatic heterocycles. The second-order valence-corrected chi connectivity index (χ2v) is 8.06.